The van der Waals surface area contributed by atoms with Crippen molar-refractivity contribution in [2.24, 2.45) is 7.05 Å². The smallest absolute Gasteiger partial charge is 0.272 e. The second kappa shape index (κ2) is 10.2. The van der Waals surface area contributed by atoms with E-state index in [1.54, 1.807) is 57.0 Å². The molecule has 0 spiro atoms. The molecule has 0 bridgehead atoms. The molecule has 1 unspecified atom stereocenters. The Morgan fingerprint density at radius 2 is 1.95 bits per heavy atom. The molecule has 1 aromatic carbocycles. The molecule has 11 heteroatoms. The molecule has 2 heterocycles. The van der Waals surface area contributed by atoms with Crippen LogP contribution in [0.4, 0.5) is 0 Å². The summed E-state index contributed by atoms with van der Waals surface area (Å²) in [6.45, 7) is 5.71. The first-order valence-corrected chi connectivity index (χ1v) is 14.3. The summed E-state index contributed by atoms with van der Waals surface area (Å²) in [5.74, 6) is -0.718. The lowest BCUT2D eigenvalue weighted by atomic mass is 10.0. The predicted molar refractivity (Wildman–Crippen MR) is 141 cm³/mol. The number of rotatable bonds is 10. The molecule has 1 aliphatic heterocycles. The van der Waals surface area contributed by atoms with Crippen LogP contribution < -0.4 is 5.32 Å². The number of hydrogen-bond donors (Lipinski definition) is 2. The lowest BCUT2D eigenvalue weighted by Gasteiger charge is -2.35. The highest BCUT2D eigenvalue weighted by atomic mass is 32.2. The predicted octanol–water partition coefficient (Wildman–Crippen LogP) is 2.11. The molecule has 2 aliphatic rings. The fourth-order valence-corrected chi connectivity index (χ4v) is 7.67. The monoisotopic (exact) mass is 541 g/mol. The van der Waals surface area contributed by atoms with Crippen molar-refractivity contribution in [3.05, 3.63) is 52.3 Å². The minimum Gasteiger partial charge on any atom is -0.393 e. The first-order chi connectivity index (χ1) is 17.8. The van der Waals surface area contributed by atoms with Crippen molar-refractivity contribution in [2.45, 2.75) is 75.0 Å². The van der Waals surface area contributed by atoms with Gasteiger partial charge in [-0.2, -0.15) is 10.4 Å². The number of amides is 2. The Bertz CT molecular complexity index is 1380. The van der Waals surface area contributed by atoms with Crippen LogP contribution in [0.15, 0.2) is 24.3 Å². The summed E-state index contributed by atoms with van der Waals surface area (Å²) in [6.07, 6.45) is 1.55. The first-order valence-electron chi connectivity index (χ1n) is 12.9. The molecule has 2 amide bonds. The Labute approximate surface area is 223 Å². The molecular weight excluding hydrogens is 506 g/mol. The third-order valence-corrected chi connectivity index (χ3v) is 11.1. The van der Waals surface area contributed by atoms with Gasteiger partial charge >= 0.3 is 0 Å². The summed E-state index contributed by atoms with van der Waals surface area (Å²) in [7, 11) is -1.98. The van der Waals surface area contributed by atoms with E-state index < -0.39 is 31.3 Å². The molecule has 1 aromatic heterocycles. The number of nitrogens with one attached hydrogen (secondary N) is 1. The number of nitrogens with zero attached hydrogens (tertiary/aromatic N) is 4. The quantitative estimate of drug-likeness (QED) is 0.468. The fourth-order valence-electron chi connectivity index (χ4n) is 5.14. The molecule has 2 N–H and O–H groups in total. The van der Waals surface area contributed by atoms with E-state index >= 15 is 0 Å². The second-order valence-electron chi connectivity index (χ2n) is 11.1. The van der Waals surface area contributed by atoms with Gasteiger partial charge in [0, 0.05) is 32.2 Å². The summed E-state index contributed by atoms with van der Waals surface area (Å²) in [4.78, 5) is 28.0. The van der Waals surface area contributed by atoms with Crippen molar-refractivity contribution in [3.8, 4) is 6.07 Å². The van der Waals surface area contributed by atoms with Gasteiger partial charge < -0.3 is 15.3 Å². The molecule has 0 saturated heterocycles. The van der Waals surface area contributed by atoms with Crippen molar-refractivity contribution >= 4 is 21.7 Å². The normalized spacial score (nSPS) is 17.5. The maximum atomic E-state index is 13.7. The number of hydrogen-bond acceptors (Lipinski definition) is 7. The van der Waals surface area contributed by atoms with E-state index in [2.05, 4.69) is 16.5 Å². The van der Waals surface area contributed by atoms with Gasteiger partial charge in [-0.05, 0) is 70.6 Å². The van der Waals surface area contributed by atoms with Crippen molar-refractivity contribution in [1.29, 1.82) is 5.26 Å². The molecule has 1 saturated carbocycles. The number of aliphatic hydroxyl groups excluding tert-OH is 1. The van der Waals surface area contributed by atoms with Crippen LogP contribution in [0.5, 0.6) is 0 Å². The topological polar surface area (TPSA) is 145 Å². The van der Waals surface area contributed by atoms with Gasteiger partial charge in [-0.1, -0.05) is 12.1 Å². The molecular formula is C27H35N5O5S. The Morgan fingerprint density at radius 1 is 1.29 bits per heavy atom. The average Bonchev–Trinajstić information content (AvgIpc) is 3.59. The number of carbonyl (C=O) groups is 2. The molecule has 4 rings (SSSR count). The highest BCUT2D eigenvalue weighted by molar-refractivity contribution is 7.94. The van der Waals surface area contributed by atoms with Gasteiger partial charge in [0.15, 0.2) is 15.5 Å². The fraction of sp³-hybridized carbons (Fsp3) is 0.556. The lowest BCUT2D eigenvalue weighted by molar-refractivity contribution is 0.0724. The Morgan fingerprint density at radius 3 is 2.53 bits per heavy atom. The average molecular weight is 542 g/mol. The SMILES string of the molecule is CC(O)CCC(C)(C)S(=O)(=O)C1(CN2CCc3c(C(=O)NCc4ccc(C#N)cc4)nn(C)c3C2=O)CC1. The van der Waals surface area contributed by atoms with Gasteiger partial charge in [-0.3, -0.25) is 14.3 Å². The maximum Gasteiger partial charge on any atom is 0.272 e. The van der Waals surface area contributed by atoms with Gasteiger partial charge in [0.25, 0.3) is 11.8 Å². The zero-order valence-corrected chi connectivity index (χ0v) is 23.1. The van der Waals surface area contributed by atoms with Crippen LogP contribution in [0.1, 0.15) is 84.1 Å². The van der Waals surface area contributed by atoms with Gasteiger partial charge in [0.2, 0.25) is 0 Å². The molecule has 1 atom stereocenters. The minimum absolute atomic E-state index is 0.108. The molecule has 1 aliphatic carbocycles. The van der Waals surface area contributed by atoms with Gasteiger partial charge in [-0.15, -0.1) is 0 Å². The van der Waals surface area contributed by atoms with Crippen LogP contribution in [0.2, 0.25) is 0 Å². The van der Waals surface area contributed by atoms with Crippen LogP contribution in [0.25, 0.3) is 0 Å². The standard InChI is InChI=1S/C27H35N5O5S/c1-18(33)9-11-26(2,3)38(36,37)27(12-13-27)17-32-14-10-21-22(30-31(4)23(21)25(32)35)24(34)29-16-20-7-5-19(15-28)6-8-20/h5-8,18,33H,9-14,16-17H2,1-4H3,(H,29,34). The van der Waals surface area contributed by atoms with Gasteiger partial charge in [0.05, 0.1) is 27.2 Å². The first kappa shape index (κ1) is 27.8. The number of fused-ring (bicyclic) bond motifs is 1. The second-order valence-corrected chi connectivity index (χ2v) is 14.1. The van der Waals surface area contributed by atoms with Crippen LogP contribution in [-0.4, -0.2) is 68.7 Å². The molecule has 2 aromatic rings. The zero-order chi connectivity index (χ0) is 27.9. The van der Waals surface area contributed by atoms with Crippen LogP contribution in [-0.2, 0) is 29.9 Å². The van der Waals surface area contributed by atoms with Gasteiger partial charge in [-0.25, -0.2) is 8.42 Å². The number of carbonyl (C=O) groups excluding carboxylic acids is 2. The highest BCUT2D eigenvalue weighted by Gasteiger charge is 2.60. The van der Waals surface area contributed by atoms with Crippen LogP contribution >= 0.6 is 0 Å². The summed E-state index contributed by atoms with van der Waals surface area (Å²) in [5.41, 5.74) is 2.43. The van der Waals surface area contributed by atoms with Crippen molar-refractivity contribution < 1.29 is 23.1 Å². The van der Waals surface area contributed by atoms with E-state index in [-0.39, 0.29) is 24.7 Å². The Balaban J connectivity index is 1.47. The molecule has 38 heavy (non-hydrogen) atoms. The van der Waals surface area contributed by atoms with E-state index in [9.17, 15) is 23.1 Å². The van der Waals surface area contributed by atoms with Crippen LogP contribution in [0.3, 0.4) is 0 Å². The van der Waals surface area contributed by atoms with Gasteiger partial charge in [0.1, 0.15) is 5.69 Å². The molecule has 0 radical (unpaired) electrons. The largest absolute Gasteiger partial charge is 0.393 e. The number of sulfone groups is 1. The summed E-state index contributed by atoms with van der Waals surface area (Å²) >= 11 is 0. The summed E-state index contributed by atoms with van der Waals surface area (Å²) < 4.78 is 26.7. The minimum atomic E-state index is -3.59. The number of aromatic nitrogens is 2. The van der Waals surface area contributed by atoms with E-state index in [0.717, 1.165) is 5.56 Å². The Kier molecular flexibility index (Phi) is 7.43. The number of aliphatic hydroxyl groups is 1. The molecule has 1 fully saturated rings. The number of aryl methyl sites for hydroxylation is 1. The lowest BCUT2D eigenvalue weighted by Crippen LogP contribution is -2.50. The Hall–Kier alpha value is -3.23. The van der Waals surface area contributed by atoms with Crippen molar-refractivity contribution in [2.75, 3.05) is 13.1 Å². The van der Waals surface area contributed by atoms with E-state index in [0.29, 0.717) is 55.5 Å². The third kappa shape index (κ3) is 5.07. The number of nitriles is 1. The van der Waals surface area contributed by atoms with Crippen molar-refractivity contribution in [1.82, 2.24) is 20.0 Å². The maximum absolute atomic E-state index is 13.7. The zero-order valence-electron chi connectivity index (χ0n) is 22.3. The third-order valence-electron chi connectivity index (χ3n) is 7.77. The molecule has 10 nitrogen and oxygen atoms in total. The molecule has 204 valence electrons. The summed E-state index contributed by atoms with van der Waals surface area (Å²) in [5, 5.41) is 25.8. The van der Waals surface area contributed by atoms with Crippen molar-refractivity contribution in [3.63, 3.8) is 0 Å². The summed E-state index contributed by atoms with van der Waals surface area (Å²) in [6, 6.07) is 8.94. The van der Waals surface area contributed by atoms with Crippen LogP contribution in [0, 0.1) is 11.3 Å². The van der Waals surface area contributed by atoms with E-state index in [4.69, 9.17) is 5.26 Å². The van der Waals surface area contributed by atoms with E-state index in [1.165, 1.54) is 4.68 Å². The number of benzene rings is 1. The van der Waals surface area contributed by atoms with E-state index in [1.807, 2.05) is 0 Å². The highest BCUT2D eigenvalue weighted by Crippen LogP contribution is 2.50.